The highest BCUT2D eigenvalue weighted by Crippen LogP contribution is 2.32. The minimum Gasteiger partial charge on any atom is -0.507 e. The minimum atomic E-state index is -0.730. The maximum atomic E-state index is 13.8. The summed E-state index contributed by atoms with van der Waals surface area (Å²) < 4.78 is 12.7. The number of benzene rings is 2. The molecule has 194 valence electrons. The Morgan fingerprint density at radius 3 is 2.59 bits per heavy atom. The molecule has 0 spiro atoms. The number of rotatable bonds is 8. The fourth-order valence-corrected chi connectivity index (χ4v) is 5.54. The van der Waals surface area contributed by atoms with Gasteiger partial charge in [-0.2, -0.15) is 0 Å². The monoisotopic (exact) mass is 521 g/mol. The summed E-state index contributed by atoms with van der Waals surface area (Å²) in [5.74, 6) is 0.175. The highest BCUT2D eigenvalue weighted by molar-refractivity contribution is 7.07. The first-order chi connectivity index (χ1) is 17.8. The van der Waals surface area contributed by atoms with Gasteiger partial charge >= 0.3 is 5.97 Å². The molecule has 0 saturated heterocycles. The van der Waals surface area contributed by atoms with Crippen LogP contribution in [0.1, 0.15) is 44.9 Å². The molecule has 1 aliphatic heterocycles. The van der Waals surface area contributed by atoms with Gasteiger partial charge in [-0.15, -0.1) is 0 Å². The maximum Gasteiger partial charge on any atom is 0.338 e. The molecule has 1 atom stereocenters. The lowest BCUT2D eigenvalue weighted by Crippen LogP contribution is -2.39. The summed E-state index contributed by atoms with van der Waals surface area (Å²) in [7, 11) is 1.57. The van der Waals surface area contributed by atoms with Crippen molar-refractivity contribution in [2.75, 3.05) is 31.7 Å². The van der Waals surface area contributed by atoms with Crippen molar-refractivity contribution in [2.24, 2.45) is 4.99 Å². The Morgan fingerprint density at radius 2 is 1.95 bits per heavy atom. The molecule has 0 saturated carbocycles. The number of hydrogen-bond donors (Lipinski definition) is 1. The normalized spacial score (nSPS) is 15.3. The number of phenols is 1. The second-order valence-corrected chi connectivity index (χ2v) is 9.50. The summed E-state index contributed by atoms with van der Waals surface area (Å²) in [6.07, 6.45) is 1.66. The number of methoxy groups -OCH3 is 1. The van der Waals surface area contributed by atoms with Gasteiger partial charge < -0.3 is 19.5 Å². The Balaban J connectivity index is 1.90. The predicted octanol–water partition coefficient (Wildman–Crippen LogP) is 3.36. The molecule has 4 rings (SSSR count). The third-order valence-corrected chi connectivity index (χ3v) is 7.34. The lowest BCUT2D eigenvalue weighted by molar-refractivity contribution is -0.139. The van der Waals surface area contributed by atoms with Gasteiger partial charge in [-0.3, -0.25) is 9.36 Å². The third-order valence-electron chi connectivity index (χ3n) is 6.36. The van der Waals surface area contributed by atoms with Crippen molar-refractivity contribution in [1.82, 2.24) is 4.57 Å². The van der Waals surface area contributed by atoms with Gasteiger partial charge in [0.05, 0.1) is 35.6 Å². The number of carbonyl (C=O) groups is 1. The van der Waals surface area contributed by atoms with Gasteiger partial charge in [-0.25, -0.2) is 9.79 Å². The van der Waals surface area contributed by atoms with E-state index in [1.165, 1.54) is 15.9 Å². The zero-order valence-corrected chi connectivity index (χ0v) is 22.5. The van der Waals surface area contributed by atoms with Crippen LogP contribution >= 0.6 is 11.3 Å². The Hall–Kier alpha value is -3.85. The predicted molar refractivity (Wildman–Crippen MR) is 145 cm³/mol. The molecule has 1 aliphatic rings. The Kier molecular flexibility index (Phi) is 7.83. The number of fused-ring (bicyclic) bond motifs is 1. The van der Waals surface area contributed by atoms with Crippen molar-refractivity contribution in [3.63, 3.8) is 0 Å². The molecule has 0 radical (unpaired) electrons. The third kappa shape index (κ3) is 5.04. The lowest BCUT2D eigenvalue weighted by Gasteiger charge is -2.25. The van der Waals surface area contributed by atoms with Gasteiger partial charge in [0.15, 0.2) is 4.80 Å². The van der Waals surface area contributed by atoms with Gasteiger partial charge in [0.25, 0.3) is 5.56 Å². The zero-order valence-electron chi connectivity index (χ0n) is 21.6. The second kappa shape index (κ2) is 11.0. The summed E-state index contributed by atoms with van der Waals surface area (Å²) in [4.78, 5) is 34.0. The molecule has 0 bridgehead atoms. The average Bonchev–Trinajstić information content (AvgIpc) is 3.19. The second-order valence-electron chi connectivity index (χ2n) is 8.49. The molecule has 0 aliphatic carbocycles. The van der Waals surface area contributed by atoms with Crippen molar-refractivity contribution in [1.29, 1.82) is 0 Å². The highest BCUT2D eigenvalue weighted by Gasteiger charge is 2.33. The van der Waals surface area contributed by atoms with Crippen LogP contribution in [0.2, 0.25) is 0 Å². The van der Waals surface area contributed by atoms with Crippen molar-refractivity contribution in [3.05, 3.63) is 84.5 Å². The van der Waals surface area contributed by atoms with Crippen molar-refractivity contribution in [3.8, 4) is 11.5 Å². The van der Waals surface area contributed by atoms with Crippen LogP contribution in [-0.2, 0) is 9.53 Å². The number of thiazole rings is 1. The number of allylic oxidation sites excluding steroid dienone is 1. The van der Waals surface area contributed by atoms with Crippen LogP contribution in [-0.4, -0.2) is 42.4 Å². The standard InChI is InChI=1S/C28H31N3O5S/c1-6-30(7-2)20-13-12-18(22(32)16-20)15-23-26(33)31-25(19-10-9-11-21(14-19)35-5)24(27(34)36-8-3)17(4)29-28(31)37-23/h9-16,25,32H,6-8H2,1-5H3/b23-15+. The first-order valence-corrected chi connectivity index (χ1v) is 13.1. The van der Waals surface area contributed by atoms with E-state index in [0.29, 0.717) is 37.5 Å². The van der Waals surface area contributed by atoms with Crippen LogP contribution in [0.5, 0.6) is 11.5 Å². The van der Waals surface area contributed by atoms with E-state index in [1.807, 2.05) is 18.2 Å². The first kappa shape index (κ1) is 26.2. The number of anilines is 1. The van der Waals surface area contributed by atoms with Gasteiger partial charge in [-0.05, 0) is 63.6 Å². The number of esters is 1. The van der Waals surface area contributed by atoms with E-state index in [1.54, 1.807) is 51.3 Å². The van der Waals surface area contributed by atoms with Gasteiger partial charge in [0.1, 0.15) is 11.5 Å². The quantitative estimate of drug-likeness (QED) is 0.457. The fourth-order valence-electron chi connectivity index (χ4n) is 4.50. The molecular weight excluding hydrogens is 490 g/mol. The van der Waals surface area contributed by atoms with Gasteiger partial charge in [0, 0.05) is 30.4 Å². The van der Waals surface area contributed by atoms with Crippen LogP contribution in [0.15, 0.2) is 63.5 Å². The topological polar surface area (TPSA) is 93.4 Å². The van der Waals surface area contributed by atoms with Gasteiger partial charge in [-0.1, -0.05) is 23.5 Å². The van der Waals surface area contributed by atoms with E-state index in [9.17, 15) is 14.7 Å². The summed E-state index contributed by atoms with van der Waals surface area (Å²) in [5, 5.41) is 10.7. The van der Waals surface area contributed by atoms with E-state index in [2.05, 4.69) is 23.7 Å². The number of ether oxygens (including phenoxy) is 2. The Morgan fingerprint density at radius 1 is 1.19 bits per heavy atom. The Bertz CT molecular complexity index is 1530. The fraction of sp³-hybridized carbons (Fsp3) is 0.321. The molecule has 1 N–H and O–H groups in total. The van der Waals surface area contributed by atoms with Crippen LogP contribution in [0, 0.1) is 0 Å². The van der Waals surface area contributed by atoms with Crippen LogP contribution < -0.4 is 24.5 Å². The highest BCUT2D eigenvalue weighted by atomic mass is 32.1. The molecule has 8 nitrogen and oxygen atoms in total. The first-order valence-electron chi connectivity index (χ1n) is 12.2. The summed E-state index contributed by atoms with van der Waals surface area (Å²) >= 11 is 1.21. The number of phenolic OH excluding ortho intramolecular Hbond substituents is 1. The number of aromatic hydroxyl groups is 1. The summed E-state index contributed by atoms with van der Waals surface area (Å²) in [5.41, 5.74) is 2.63. The molecule has 37 heavy (non-hydrogen) atoms. The van der Waals surface area contributed by atoms with E-state index < -0.39 is 12.0 Å². The molecule has 2 heterocycles. The van der Waals surface area contributed by atoms with Crippen molar-refractivity contribution in [2.45, 2.75) is 33.7 Å². The SMILES string of the molecule is CCOC(=O)C1=C(C)N=c2s/c(=C/c3ccc(N(CC)CC)cc3O)c(=O)n2C1c1cccc(OC)c1. The maximum absolute atomic E-state index is 13.8. The molecule has 1 unspecified atom stereocenters. The van der Waals surface area contributed by atoms with E-state index in [0.717, 1.165) is 18.8 Å². The summed E-state index contributed by atoms with van der Waals surface area (Å²) in [6.45, 7) is 9.44. The molecule has 3 aromatic rings. The lowest BCUT2D eigenvalue weighted by atomic mass is 9.95. The average molecular weight is 522 g/mol. The van der Waals surface area contributed by atoms with Crippen LogP contribution in [0.3, 0.4) is 0 Å². The van der Waals surface area contributed by atoms with Crippen LogP contribution in [0.25, 0.3) is 6.08 Å². The van der Waals surface area contributed by atoms with Crippen molar-refractivity contribution >= 4 is 29.1 Å². The zero-order chi connectivity index (χ0) is 26.7. The molecule has 2 aromatic carbocycles. The minimum absolute atomic E-state index is 0.0861. The van der Waals surface area contributed by atoms with Crippen molar-refractivity contribution < 1.29 is 19.4 Å². The smallest absolute Gasteiger partial charge is 0.338 e. The largest absolute Gasteiger partial charge is 0.507 e. The van der Waals surface area contributed by atoms with Crippen LogP contribution in [0.4, 0.5) is 5.69 Å². The molecule has 9 heteroatoms. The number of hydrogen-bond acceptors (Lipinski definition) is 8. The molecule has 1 aromatic heterocycles. The number of aromatic nitrogens is 1. The number of carbonyl (C=O) groups excluding carboxylic acids is 1. The van der Waals surface area contributed by atoms with E-state index in [-0.39, 0.29) is 17.9 Å². The Labute approximate surface area is 219 Å². The number of nitrogens with zero attached hydrogens (tertiary/aromatic N) is 3. The molecule has 0 fully saturated rings. The molecule has 0 amide bonds. The van der Waals surface area contributed by atoms with E-state index in [4.69, 9.17) is 9.47 Å². The van der Waals surface area contributed by atoms with Gasteiger partial charge in [0.2, 0.25) is 0 Å². The van der Waals surface area contributed by atoms with E-state index >= 15 is 0 Å². The summed E-state index contributed by atoms with van der Waals surface area (Å²) in [6, 6.07) is 12.0. The molecular formula is C28H31N3O5S.